The number of benzene rings is 1. The van der Waals surface area contributed by atoms with Crippen LogP contribution in [0.1, 0.15) is 44.9 Å². The Morgan fingerprint density at radius 3 is 2.72 bits per heavy atom. The van der Waals surface area contributed by atoms with Crippen molar-refractivity contribution in [2.24, 2.45) is 16.3 Å². The molecule has 1 atom stereocenters. The van der Waals surface area contributed by atoms with Gasteiger partial charge in [-0.25, -0.2) is 0 Å². The molecule has 3 fully saturated rings. The topological polar surface area (TPSA) is 40.1 Å². The molecule has 1 aliphatic carbocycles. The number of nitrogens with zero attached hydrogens (tertiary/aromatic N) is 3. The van der Waals surface area contributed by atoms with Crippen molar-refractivity contribution in [3.63, 3.8) is 0 Å². The number of aliphatic imine (C=N–C) groups is 1. The molecule has 2 heterocycles. The first-order chi connectivity index (χ1) is 13.7. The van der Waals surface area contributed by atoms with Crippen LogP contribution in [0.3, 0.4) is 0 Å². The number of likely N-dealkylation sites (tertiary alicyclic amines) is 1. The van der Waals surface area contributed by atoms with Crippen LogP contribution in [0.15, 0.2) is 29.3 Å². The molecule has 4 rings (SSSR count). The van der Waals surface area contributed by atoms with Gasteiger partial charge in [-0.2, -0.15) is 0 Å². The molecular formula is C23H37IN4O. The number of nitrogens with one attached hydrogen (secondary N) is 1. The predicted octanol–water partition coefficient (Wildman–Crippen LogP) is 4.37. The summed E-state index contributed by atoms with van der Waals surface area (Å²) in [5.41, 5.74) is 1.79. The maximum atomic E-state index is 5.55. The van der Waals surface area contributed by atoms with E-state index in [1.54, 1.807) is 7.11 Å². The summed E-state index contributed by atoms with van der Waals surface area (Å²) in [5.74, 6) is 2.73. The van der Waals surface area contributed by atoms with Crippen LogP contribution >= 0.6 is 24.0 Å². The van der Waals surface area contributed by atoms with Gasteiger partial charge in [0.05, 0.1) is 12.8 Å². The number of methoxy groups -OCH3 is 1. The molecule has 3 aliphatic rings. The zero-order chi connectivity index (χ0) is 19.4. The Bertz CT molecular complexity index is 689. The molecular weight excluding hydrogens is 475 g/mol. The summed E-state index contributed by atoms with van der Waals surface area (Å²) in [5, 5.41) is 3.69. The Hall–Kier alpha value is -1.18. The van der Waals surface area contributed by atoms with Gasteiger partial charge in [0.1, 0.15) is 5.75 Å². The van der Waals surface area contributed by atoms with Crippen molar-refractivity contribution in [1.82, 2.24) is 10.2 Å². The van der Waals surface area contributed by atoms with Crippen LogP contribution in [0, 0.1) is 11.3 Å². The fraction of sp³-hybridized carbons (Fsp3) is 0.696. The molecule has 6 heteroatoms. The van der Waals surface area contributed by atoms with Crippen LogP contribution in [0.5, 0.6) is 5.75 Å². The molecule has 2 saturated heterocycles. The van der Waals surface area contributed by atoms with Crippen molar-refractivity contribution < 1.29 is 4.74 Å². The standard InChI is InChI=1S/C23H36N4O.HI/c1-24-22(27-15-13-23(18-27)11-6-3-7-12-23)25-16-19-10-14-26(17-19)20-8-4-5-9-21(20)28-2;/h4-5,8-9,19H,3,6-7,10-18H2,1-2H3,(H,24,25);1H. The maximum absolute atomic E-state index is 5.55. The monoisotopic (exact) mass is 512 g/mol. The van der Waals surface area contributed by atoms with Crippen LogP contribution in [-0.4, -0.2) is 57.7 Å². The minimum atomic E-state index is 0. The lowest BCUT2D eigenvalue weighted by Gasteiger charge is -2.33. The minimum Gasteiger partial charge on any atom is -0.495 e. The van der Waals surface area contributed by atoms with Crippen molar-refractivity contribution in [3.05, 3.63) is 24.3 Å². The zero-order valence-corrected chi connectivity index (χ0v) is 20.4. The van der Waals surface area contributed by atoms with E-state index in [0.29, 0.717) is 11.3 Å². The first-order valence-electron chi connectivity index (χ1n) is 11.1. The Labute approximate surface area is 193 Å². The highest BCUT2D eigenvalue weighted by Gasteiger charge is 2.39. The van der Waals surface area contributed by atoms with Crippen molar-refractivity contribution in [2.75, 3.05) is 51.8 Å². The van der Waals surface area contributed by atoms with Gasteiger partial charge in [0.15, 0.2) is 5.96 Å². The van der Waals surface area contributed by atoms with Gasteiger partial charge in [-0.05, 0) is 49.1 Å². The van der Waals surface area contributed by atoms with Crippen LogP contribution in [0.2, 0.25) is 0 Å². The summed E-state index contributed by atoms with van der Waals surface area (Å²) in [6.07, 6.45) is 9.65. The lowest BCUT2D eigenvalue weighted by Crippen LogP contribution is -2.43. The second-order valence-corrected chi connectivity index (χ2v) is 8.93. The molecule has 29 heavy (non-hydrogen) atoms. The van der Waals surface area contributed by atoms with Gasteiger partial charge < -0.3 is 19.9 Å². The van der Waals surface area contributed by atoms with E-state index in [4.69, 9.17) is 4.74 Å². The van der Waals surface area contributed by atoms with E-state index in [1.807, 2.05) is 13.1 Å². The number of hydrogen-bond acceptors (Lipinski definition) is 3. The minimum absolute atomic E-state index is 0. The number of guanidine groups is 1. The third kappa shape index (κ3) is 5.12. The molecule has 1 aromatic carbocycles. The molecule has 5 nitrogen and oxygen atoms in total. The molecule has 1 aromatic rings. The average Bonchev–Trinajstić information content (AvgIpc) is 3.37. The summed E-state index contributed by atoms with van der Waals surface area (Å²) in [6, 6.07) is 8.36. The maximum Gasteiger partial charge on any atom is 0.193 e. The molecule has 0 bridgehead atoms. The summed E-state index contributed by atoms with van der Waals surface area (Å²) in [6.45, 7) is 5.54. The average molecular weight is 512 g/mol. The lowest BCUT2D eigenvalue weighted by atomic mass is 9.73. The Kier molecular flexibility index (Phi) is 7.93. The number of para-hydroxylation sites is 2. The first-order valence-corrected chi connectivity index (χ1v) is 11.1. The van der Waals surface area contributed by atoms with E-state index in [0.717, 1.165) is 37.9 Å². The van der Waals surface area contributed by atoms with Crippen LogP contribution < -0.4 is 15.0 Å². The molecule has 1 unspecified atom stereocenters. The van der Waals surface area contributed by atoms with E-state index in [9.17, 15) is 0 Å². The lowest BCUT2D eigenvalue weighted by molar-refractivity contribution is 0.203. The van der Waals surface area contributed by atoms with Crippen molar-refractivity contribution >= 4 is 35.6 Å². The van der Waals surface area contributed by atoms with Gasteiger partial charge in [0, 0.05) is 39.8 Å². The molecule has 0 radical (unpaired) electrons. The molecule has 1 N–H and O–H groups in total. The molecule has 162 valence electrons. The predicted molar refractivity (Wildman–Crippen MR) is 132 cm³/mol. The van der Waals surface area contributed by atoms with Crippen LogP contribution in [0.4, 0.5) is 5.69 Å². The number of ether oxygens (including phenoxy) is 1. The summed E-state index contributed by atoms with van der Waals surface area (Å²) < 4.78 is 5.55. The van der Waals surface area contributed by atoms with Gasteiger partial charge >= 0.3 is 0 Å². The number of halogens is 1. The number of hydrogen-bond donors (Lipinski definition) is 1. The Morgan fingerprint density at radius 1 is 1.17 bits per heavy atom. The van der Waals surface area contributed by atoms with Crippen molar-refractivity contribution in [2.45, 2.75) is 44.9 Å². The highest BCUT2D eigenvalue weighted by atomic mass is 127. The molecule has 1 spiro atoms. The fourth-order valence-corrected chi connectivity index (χ4v) is 5.50. The second-order valence-electron chi connectivity index (χ2n) is 8.93. The molecule has 2 aliphatic heterocycles. The van der Waals surface area contributed by atoms with E-state index < -0.39 is 0 Å². The second kappa shape index (κ2) is 10.2. The number of anilines is 1. The Morgan fingerprint density at radius 2 is 1.97 bits per heavy atom. The van der Waals surface area contributed by atoms with E-state index in [1.165, 1.54) is 57.2 Å². The Balaban J connectivity index is 0.00000240. The van der Waals surface area contributed by atoms with E-state index in [2.05, 4.69) is 38.3 Å². The van der Waals surface area contributed by atoms with Gasteiger partial charge in [-0.3, -0.25) is 4.99 Å². The van der Waals surface area contributed by atoms with E-state index >= 15 is 0 Å². The third-order valence-electron chi connectivity index (χ3n) is 7.12. The fourth-order valence-electron chi connectivity index (χ4n) is 5.50. The zero-order valence-electron chi connectivity index (χ0n) is 18.0. The highest BCUT2D eigenvalue weighted by molar-refractivity contribution is 14.0. The first kappa shape index (κ1) is 22.5. The molecule has 0 amide bonds. The normalized spacial score (nSPS) is 23.9. The van der Waals surface area contributed by atoms with Gasteiger partial charge in [0.25, 0.3) is 0 Å². The smallest absolute Gasteiger partial charge is 0.193 e. The highest BCUT2D eigenvalue weighted by Crippen LogP contribution is 2.43. The molecule has 0 aromatic heterocycles. The van der Waals surface area contributed by atoms with Gasteiger partial charge in [-0.1, -0.05) is 31.4 Å². The quantitative estimate of drug-likeness (QED) is 0.370. The summed E-state index contributed by atoms with van der Waals surface area (Å²) >= 11 is 0. The summed E-state index contributed by atoms with van der Waals surface area (Å²) in [7, 11) is 3.69. The molecule has 1 saturated carbocycles. The SMILES string of the molecule is CN=C(NCC1CCN(c2ccccc2OC)C1)N1CCC2(CCCCC2)C1.I. The van der Waals surface area contributed by atoms with E-state index in [-0.39, 0.29) is 24.0 Å². The van der Waals surface area contributed by atoms with Gasteiger partial charge in [0.2, 0.25) is 0 Å². The largest absolute Gasteiger partial charge is 0.495 e. The number of rotatable bonds is 4. The summed E-state index contributed by atoms with van der Waals surface area (Å²) in [4.78, 5) is 9.58. The van der Waals surface area contributed by atoms with Crippen LogP contribution in [0.25, 0.3) is 0 Å². The van der Waals surface area contributed by atoms with Crippen molar-refractivity contribution in [1.29, 1.82) is 0 Å². The third-order valence-corrected chi connectivity index (χ3v) is 7.12. The van der Waals surface area contributed by atoms with Crippen molar-refractivity contribution in [3.8, 4) is 5.75 Å². The van der Waals surface area contributed by atoms with Gasteiger partial charge in [-0.15, -0.1) is 24.0 Å². The van der Waals surface area contributed by atoms with Crippen LogP contribution in [-0.2, 0) is 0 Å².